The fourth-order valence-electron chi connectivity index (χ4n) is 4.84. The van der Waals surface area contributed by atoms with Gasteiger partial charge in [-0.2, -0.15) is 0 Å². The minimum Gasteiger partial charge on any atom is -0.478 e. The smallest absolute Gasteiger partial charge is 0.340 e. The predicted molar refractivity (Wildman–Crippen MR) is 157 cm³/mol. The number of hydrogen-bond donors (Lipinski definition) is 0. The first-order valence-corrected chi connectivity index (χ1v) is 14.5. The molecule has 1 unspecified atom stereocenters. The standard InChI is InChI=1S/C32H49N3O4/c1-10-11-12-19-37-26-14-13-24(20-34-26)25-21-33-23(4)27(28(25)35-17-15-32(8,9)16-18-35)29(39-31(5,6)7)30(36)38-22(2)3/h13-14,20-22,29H,10-12,15-19H2,1-9H3. The second-order valence-electron chi connectivity index (χ2n) is 12.7. The van der Waals surface area contributed by atoms with Gasteiger partial charge in [0, 0.05) is 53.9 Å². The zero-order chi connectivity index (χ0) is 28.8. The molecule has 2 aromatic rings. The lowest BCUT2D eigenvalue weighted by Crippen LogP contribution is -2.39. The van der Waals surface area contributed by atoms with E-state index in [0.29, 0.717) is 12.5 Å². The molecular formula is C32H49N3O4. The Labute approximate surface area is 235 Å². The van der Waals surface area contributed by atoms with Gasteiger partial charge in [-0.25, -0.2) is 9.78 Å². The van der Waals surface area contributed by atoms with E-state index in [9.17, 15) is 4.79 Å². The number of unbranched alkanes of at least 4 members (excludes halogenated alkanes) is 2. The van der Waals surface area contributed by atoms with Crippen molar-refractivity contribution >= 4 is 11.7 Å². The molecule has 7 nitrogen and oxygen atoms in total. The average molecular weight is 540 g/mol. The van der Waals surface area contributed by atoms with Crippen molar-refractivity contribution in [3.05, 3.63) is 35.8 Å². The zero-order valence-electron chi connectivity index (χ0n) is 25.6. The minimum atomic E-state index is -0.904. The highest BCUT2D eigenvalue weighted by Crippen LogP contribution is 2.43. The second kappa shape index (κ2) is 13.1. The van der Waals surface area contributed by atoms with E-state index in [1.165, 1.54) is 0 Å². The SMILES string of the molecule is CCCCCOc1ccc(-c2cnc(C)c(C(OC(C)(C)C)C(=O)OC(C)C)c2N2CCC(C)(C)CC2)cn1. The number of anilines is 1. The van der Waals surface area contributed by atoms with Crippen LogP contribution in [0.1, 0.15) is 105 Å². The summed E-state index contributed by atoms with van der Waals surface area (Å²) in [5.41, 5.74) is 4.07. The molecule has 0 amide bonds. The van der Waals surface area contributed by atoms with Crippen molar-refractivity contribution in [2.24, 2.45) is 5.41 Å². The van der Waals surface area contributed by atoms with Crippen LogP contribution < -0.4 is 9.64 Å². The summed E-state index contributed by atoms with van der Waals surface area (Å²) in [6.45, 7) is 20.8. The van der Waals surface area contributed by atoms with Crippen LogP contribution >= 0.6 is 0 Å². The van der Waals surface area contributed by atoms with Crippen LogP contribution in [-0.2, 0) is 14.3 Å². The van der Waals surface area contributed by atoms with Crippen molar-refractivity contribution in [3.8, 4) is 17.0 Å². The van der Waals surface area contributed by atoms with E-state index in [0.717, 1.165) is 73.3 Å². The number of hydrogen-bond acceptors (Lipinski definition) is 7. The number of nitrogens with zero attached hydrogens (tertiary/aromatic N) is 3. The lowest BCUT2D eigenvalue weighted by molar-refractivity contribution is -0.171. The Kier molecular flexibility index (Phi) is 10.4. The molecule has 216 valence electrons. The molecule has 0 aliphatic carbocycles. The third-order valence-electron chi connectivity index (χ3n) is 7.07. The normalized spacial score (nSPS) is 16.3. The molecule has 0 N–H and O–H groups in total. The van der Waals surface area contributed by atoms with E-state index in [-0.39, 0.29) is 11.5 Å². The van der Waals surface area contributed by atoms with E-state index in [1.807, 2.05) is 66.1 Å². The van der Waals surface area contributed by atoms with Crippen molar-refractivity contribution in [1.82, 2.24) is 9.97 Å². The average Bonchev–Trinajstić information content (AvgIpc) is 2.85. The number of carbonyl (C=O) groups excluding carboxylic acids is 1. The maximum absolute atomic E-state index is 13.5. The highest BCUT2D eigenvalue weighted by Gasteiger charge is 2.37. The molecule has 0 aromatic carbocycles. The number of aryl methyl sites for hydroxylation is 1. The van der Waals surface area contributed by atoms with E-state index in [1.54, 1.807) is 0 Å². The Balaban J connectivity index is 2.12. The number of carbonyl (C=O) groups is 1. The summed E-state index contributed by atoms with van der Waals surface area (Å²) >= 11 is 0. The van der Waals surface area contributed by atoms with E-state index >= 15 is 0 Å². The molecule has 0 saturated carbocycles. The molecule has 3 rings (SSSR count). The van der Waals surface area contributed by atoms with Crippen LogP contribution in [-0.4, -0.2) is 47.3 Å². The number of ether oxygens (including phenoxy) is 3. The van der Waals surface area contributed by atoms with Gasteiger partial charge in [-0.1, -0.05) is 33.6 Å². The molecule has 0 bridgehead atoms. The lowest BCUT2D eigenvalue weighted by Gasteiger charge is -2.41. The monoisotopic (exact) mass is 539 g/mol. The number of rotatable bonds is 11. The topological polar surface area (TPSA) is 73.8 Å². The predicted octanol–water partition coefficient (Wildman–Crippen LogP) is 7.46. The van der Waals surface area contributed by atoms with Gasteiger partial charge in [-0.3, -0.25) is 4.98 Å². The summed E-state index contributed by atoms with van der Waals surface area (Å²) < 4.78 is 18.0. The first kappa shape index (κ1) is 30.9. The first-order chi connectivity index (χ1) is 18.3. The van der Waals surface area contributed by atoms with Crippen LogP contribution in [0.15, 0.2) is 24.5 Å². The first-order valence-electron chi connectivity index (χ1n) is 14.5. The van der Waals surface area contributed by atoms with Gasteiger partial charge >= 0.3 is 5.97 Å². The van der Waals surface area contributed by atoms with Gasteiger partial charge in [0.25, 0.3) is 0 Å². The van der Waals surface area contributed by atoms with Crippen LogP contribution in [0.3, 0.4) is 0 Å². The second-order valence-corrected chi connectivity index (χ2v) is 12.7. The van der Waals surface area contributed by atoms with E-state index < -0.39 is 17.7 Å². The Hall–Kier alpha value is -2.67. The lowest BCUT2D eigenvalue weighted by atomic mass is 9.82. The summed E-state index contributed by atoms with van der Waals surface area (Å²) in [5, 5.41) is 0. The van der Waals surface area contributed by atoms with Crippen LogP contribution in [0.5, 0.6) is 5.88 Å². The third kappa shape index (κ3) is 8.66. The number of esters is 1. The minimum absolute atomic E-state index is 0.256. The van der Waals surface area contributed by atoms with Crippen molar-refractivity contribution in [2.75, 3.05) is 24.6 Å². The molecule has 1 aliphatic heterocycles. The number of pyridine rings is 2. The molecule has 1 fully saturated rings. The Morgan fingerprint density at radius 2 is 1.77 bits per heavy atom. The van der Waals surface area contributed by atoms with Crippen molar-refractivity contribution in [2.45, 2.75) is 112 Å². The molecule has 1 atom stereocenters. The Morgan fingerprint density at radius 3 is 2.33 bits per heavy atom. The highest BCUT2D eigenvalue weighted by molar-refractivity contribution is 5.87. The van der Waals surface area contributed by atoms with Gasteiger partial charge in [-0.15, -0.1) is 0 Å². The quantitative estimate of drug-likeness (QED) is 0.217. The van der Waals surface area contributed by atoms with Gasteiger partial charge in [0.1, 0.15) is 0 Å². The summed E-state index contributed by atoms with van der Waals surface area (Å²) in [4.78, 5) is 25.3. The number of aromatic nitrogens is 2. The molecule has 2 aromatic heterocycles. The maximum atomic E-state index is 13.5. The van der Waals surface area contributed by atoms with Crippen LogP contribution in [0.4, 0.5) is 5.69 Å². The number of piperidine rings is 1. The van der Waals surface area contributed by atoms with E-state index in [4.69, 9.17) is 19.2 Å². The van der Waals surface area contributed by atoms with Crippen LogP contribution in [0.2, 0.25) is 0 Å². The van der Waals surface area contributed by atoms with Gasteiger partial charge < -0.3 is 19.1 Å². The molecule has 3 heterocycles. The molecule has 0 radical (unpaired) electrons. The van der Waals surface area contributed by atoms with Gasteiger partial charge in [0.15, 0.2) is 6.10 Å². The van der Waals surface area contributed by atoms with Crippen molar-refractivity contribution in [3.63, 3.8) is 0 Å². The molecule has 1 saturated heterocycles. The Bertz CT molecular complexity index is 1080. The van der Waals surface area contributed by atoms with Crippen molar-refractivity contribution < 1.29 is 19.0 Å². The van der Waals surface area contributed by atoms with Gasteiger partial charge in [-0.05, 0) is 72.3 Å². The molecule has 39 heavy (non-hydrogen) atoms. The molecular weight excluding hydrogens is 490 g/mol. The zero-order valence-corrected chi connectivity index (χ0v) is 25.6. The molecule has 1 aliphatic rings. The largest absolute Gasteiger partial charge is 0.478 e. The summed E-state index contributed by atoms with van der Waals surface area (Å²) in [6, 6.07) is 3.95. The fourth-order valence-corrected chi connectivity index (χ4v) is 4.84. The van der Waals surface area contributed by atoms with Crippen molar-refractivity contribution in [1.29, 1.82) is 0 Å². The molecule has 0 spiro atoms. The summed E-state index contributed by atoms with van der Waals surface area (Å²) in [6.07, 6.45) is 8.00. The van der Waals surface area contributed by atoms with Crippen LogP contribution in [0, 0.1) is 12.3 Å². The van der Waals surface area contributed by atoms with E-state index in [2.05, 4.69) is 30.7 Å². The van der Waals surface area contributed by atoms with Crippen LogP contribution in [0.25, 0.3) is 11.1 Å². The third-order valence-corrected chi connectivity index (χ3v) is 7.07. The summed E-state index contributed by atoms with van der Waals surface area (Å²) in [7, 11) is 0. The van der Waals surface area contributed by atoms with Gasteiger partial charge in [0.2, 0.25) is 5.88 Å². The fraction of sp³-hybridized carbons (Fsp3) is 0.656. The summed E-state index contributed by atoms with van der Waals surface area (Å²) in [5.74, 6) is 0.223. The highest BCUT2D eigenvalue weighted by atomic mass is 16.6. The maximum Gasteiger partial charge on any atom is 0.340 e. The molecule has 7 heteroatoms. The van der Waals surface area contributed by atoms with Gasteiger partial charge in [0.05, 0.1) is 24.0 Å². The Morgan fingerprint density at radius 1 is 1.08 bits per heavy atom.